The summed E-state index contributed by atoms with van der Waals surface area (Å²) in [6.07, 6.45) is 4.70. The van der Waals surface area contributed by atoms with Gasteiger partial charge in [-0.25, -0.2) is 8.42 Å². The van der Waals surface area contributed by atoms with Crippen LogP contribution in [0.4, 0.5) is 0 Å². The predicted octanol–water partition coefficient (Wildman–Crippen LogP) is 2.25. The van der Waals surface area contributed by atoms with E-state index in [0.29, 0.717) is 10.8 Å². The third kappa shape index (κ3) is 3.57. The maximum Gasteiger partial charge on any atom is 0.175 e. The van der Waals surface area contributed by atoms with Gasteiger partial charge in [-0.2, -0.15) is 0 Å². The highest BCUT2D eigenvalue weighted by Crippen LogP contribution is 2.24. The molecule has 0 spiro atoms. The van der Waals surface area contributed by atoms with Gasteiger partial charge in [-0.05, 0) is 80.9 Å². The number of hydrogen-bond acceptors (Lipinski definition) is 3. The molecule has 4 heteroatoms. The van der Waals surface area contributed by atoms with E-state index in [9.17, 15) is 8.42 Å². The molecule has 0 bridgehead atoms. The zero-order valence-corrected chi connectivity index (χ0v) is 12.8. The zero-order valence-electron chi connectivity index (χ0n) is 12.0. The lowest BCUT2D eigenvalue weighted by Crippen LogP contribution is -2.31. The Balaban J connectivity index is 2.30. The molecule has 0 saturated carbocycles. The van der Waals surface area contributed by atoms with Crippen molar-refractivity contribution in [2.24, 2.45) is 5.92 Å². The SMILES string of the molecule is Cc1cc(S(C)(=O)=O)cc(CC2CCCNC2)c1C. The van der Waals surface area contributed by atoms with Gasteiger partial charge < -0.3 is 5.32 Å². The topological polar surface area (TPSA) is 46.2 Å². The molecule has 1 aliphatic rings. The molecule has 19 heavy (non-hydrogen) atoms. The van der Waals surface area contributed by atoms with E-state index in [-0.39, 0.29) is 0 Å². The van der Waals surface area contributed by atoms with E-state index in [1.165, 1.54) is 30.2 Å². The monoisotopic (exact) mass is 281 g/mol. The van der Waals surface area contributed by atoms with Gasteiger partial charge in [0.1, 0.15) is 0 Å². The molecule has 1 aromatic rings. The Morgan fingerprint density at radius 3 is 2.63 bits per heavy atom. The molecule has 1 heterocycles. The highest BCUT2D eigenvalue weighted by atomic mass is 32.2. The van der Waals surface area contributed by atoms with Gasteiger partial charge in [-0.1, -0.05) is 0 Å². The molecule has 1 aromatic carbocycles. The molecule has 1 fully saturated rings. The van der Waals surface area contributed by atoms with Crippen molar-refractivity contribution in [1.82, 2.24) is 5.32 Å². The number of aryl methyl sites for hydroxylation is 1. The minimum Gasteiger partial charge on any atom is -0.316 e. The molecule has 0 radical (unpaired) electrons. The van der Waals surface area contributed by atoms with Gasteiger partial charge in [-0.15, -0.1) is 0 Å². The molecule has 0 aliphatic carbocycles. The second-order valence-electron chi connectivity index (χ2n) is 5.71. The quantitative estimate of drug-likeness (QED) is 0.924. The molecule has 1 saturated heterocycles. The van der Waals surface area contributed by atoms with Crippen molar-refractivity contribution in [2.75, 3.05) is 19.3 Å². The van der Waals surface area contributed by atoms with Crippen molar-refractivity contribution in [3.05, 3.63) is 28.8 Å². The normalized spacial score (nSPS) is 20.5. The molecule has 2 rings (SSSR count). The van der Waals surface area contributed by atoms with Crippen molar-refractivity contribution >= 4 is 9.84 Å². The van der Waals surface area contributed by atoms with Gasteiger partial charge in [0, 0.05) is 6.26 Å². The van der Waals surface area contributed by atoms with Crippen molar-refractivity contribution in [1.29, 1.82) is 0 Å². The average molecular weight is 281 g/mol. The largest absolute Gasteiger partial charge is 0.316 e. The van der Waals surface area contributed by atoms with Crippen LogP contribution in [0.3, 0.4) is 0 Å². The van der Waals surface area contributed by atoms with E-state index < -0.39 is 9.84 Å². The number of sulfone groups is 1. The second kappa shape index (κ2) is 5.63. The molecular weight excluding hydrogens is 258 g/mol. The van der Waals surface area contributed by atoms with Crippen molar-refractivity contribution < 1.29 is 8.42 Å². The third-order valence-electron chi connectivity index (χ3n) is 4.08. The summed E-state index contributed by atoms with van der Waals surface area (Å²) < 4.78 is 23.5. The van der Waals surface area contributed by atoms with Crippen LogP contribution in [0.5, 0.6) is 0 Å². The number of nitrogens with one attached hydrogen (secondary N) is 1. The number of rotatable bonds is 3. The maximum absolute atomic E-state index is 11.7. The van der Waals surface area contributed by atoms with Gasteiger partial charge >= 0.3 is 0 Å². The van der Waals surface area contributed by atoms with Gasteiger partial charge in [0.2, 0.25) is 0 Å². The van der Waals surface area contributed by atoms with Crippen LogP contribution < -0.4 is 5.32 Å². The Kier molecular flexibility index (Phi) is 4.31. The van der Waals surface area contributed by atoms with Crippen LogP contribution >= 0.6 is 0 Å². The van der Waals surface area contributed by atoms with Crippen molar-refractivity contribution in [3.63, 3.8) is 0 Å². The first-order valence-corrected chi connectivity index (χ1v) is 8.78. The number of piperidine rings is 1. The van der Waals surface area contributed by atoms with Gasteiger partial charge in [0.25, 0.3) is 0 Å². The molecule has 106 valence electrons. The zero-order chi connectivity index (χ0) is 14.0. The molecule has 1 atom stereocenters. The fourth-order valence-corrected chi connectivity index (χ4v) is 3.48. The highest BCUT2D eigenvalue weighted by Gasteiger charge is 2.17. The van der Waals surface area contributed by atoms with E-state index in [1.54, 1.807) is 6.07 Å². The van der Waals surface area contributed by atoms with Crippen LogP contribution in [-0.4, -0.2) is 27.8 Å². The Morgan fingerprint density at radius 1 is 1.32 bits per heavy atom. The lowest BCUT2D eigenvalue weighted by atomic mass is 9.89. The summed E-state index contributed by atoms with van der Waals surface area (Å²) in [6, 6.07) is 3.65. The van der Waals surface area contributed by atoms with E-state index in [1.807, 2.05) is 13.0 Å². The molecule has 1 N–H and O–H groups in total. The molecule has 1 unspecified atom stereocenters. The summed E-state index contributed by atoms with van der Waals surface area (Å²) in [6.45, 7) is 6.24. The molecule has 1 aliphatic heterocycles. The smallest absolute Gasteiger partial charge is 0.175 e. The maximum atomic E-state index is 11.7. The van der Waals surface area contributed by atoms with Crippen molar-refractivity contribution in [3.8, 4) is 0 Å². The Bertz CT molecular complexity index is 558. The summed E-state index contributed by atoms with van der Waals surface area (Å²) in [7, 11) is -3.12. The summed E-state index contributed by atoms with van der Waals surface area (Å²) in [5.74, 6) is 0.627. The number of benzene rings is 1. The number of hydrogen-bond donors (Lipinski definition) is 1. The van der Waals surface area contributed by atoms with Crippen LogP contribution in [0.25, 0.3) is 0 Å². The minimum atomic E-state index is -3.12. The highest BCUT2D eigenvalue weighted by molar-refractivity contribution is 7.90. The second-order valence-corrected chi connectivity index (χ2v) is 7.73. The van der Waals surface area contributed by atoms with E-state index in [4.69, 9.17) is 0 Å². The van der Waals surface area contributed by atoms with E-state index in [2.05, 4.69) is 12.2 Å². The fourth-order valence-electron chi connectivity index (χ4n) is 2.73. The first-order valence-electron chi connectivity index (χ1n) is 6.89. The minimum absolute atomic E-state index is 0.453. The van der Waals surface area contributed by atoms with Crippen LogP contribution in [-0.2, 0) is 16.3 Å². The van der Waals surface area contributed by atoms with Gasteiger partial charge in [-0.3, -0.25) is 0 Å². The van der Waals surface area contributed by atoms with Crippen LogP contribution in [0.1, 0.15) is 29.5 Å². The summed E-state index contributed by atoms with van der Waals surface area (Å²) in [5.41, 5.74) is 3.49. The first kappa shape index (κ1) is 14.5. The molecule has 0 aromatic heterocycles. The average Bonchev–Trinajstić information content (AvgIpc) is 2.34. The summed E-state index contributed by atoms with van der Waals surface area (Å²) in [5, 5.41) is 3.42. The van der Waals surface area contributed by atoms with E-state index in [0.717, 1.165) is 25.1 Å². The lowest BCUT2D eigenvalue weighted by molar-refractivity contribution is 0.375. The first-order chi connectivity index (χ1) is 8.88. The van der Waals surface area contributed by atoms with Crippen molar-refractivity contribution in [2.45, 2.75) is 38.0 Å². The summed E-state index contributed by atoms with van der Waals surface area (Å²) >= 11 is 0. The molecule has 0 amide bonds. The van der Waals surface area contributed by atoms with Crippen LogP contribution in [0, 0.1) is 19.8 Å². The molecule has 3 nitrogen and oxygen atoms in total. The lowest BCUT2D eigenvalue weighted by Gasteiger charge is -2.24. The van der Waals surface area contributed by atoms with Crippen LogP contribution in [0.15, 0.2) is 17.0 Å². The Morgan fingerprint density at radius 2 is 2.05 bits per heavy atom. The van der Waals surface area contributed by atoms with Gasteiger partial charge in [0.05, 0.1) is 4.90 Å². The van der Waals surface area contributed by atoms with E-state index >= 15 is 0 Å². The third-order valence-corrected chi connectivity index (χ3v) is 5.18. The molecular formula is C15H23NO2S. The van der Waals surface area contributed by atoms with Crippen LogP contribution in [0.2, 0.25) is 0 Å². The Labute approximate surface area is 116 Å². The fraction of sp³-hybridized carbons (Fsp3) is 0.600. The Hall–Kier alpha value is -0.870. The summed E-state index contributed by atoms with van der Waals surface area (Å²) in [4.78, 5) is 0.453. The van der Waals surface area contributed by atoms with Gasteiger partial charge in [0.15, 0.2) is 9.84 Å². The standard InChI is InChI=1S/C15H23NO2S/c1-11-7-15(19(3,17)18)9-14(12(11)2)8-13-5-4-6-16-10-13/h7,9,13,16H,4-6,8,10H2,1-3H3. The predicted molar refractivity (Wildman–Crippen MR) is 78.3 cm³/mol.